The molecule has 0 spiro atoms. The van der Waals surface area contributed by atoms with Crippen LogP contribution in [-0.2, 0) is 9.59 Å². The van der Waals surface area contributed by atoms with Gasteiger partial charge < -0.3 is 15.0 Å². The number of carbonyl (C=O) groups excluding carboxylic acids is 2. The second-order valence-corrected chi connectivity index (χ2v) is 7.30. The largest absolute Gasteiger partial charge is 0.497 e. The highest BCUT2D eigenvalue weighted by Crippen LogP contribution is 2.28. The quantitative estimate of drug-likeness (QED) is 0.808. The Bertz CT molecular complexity index is 807. The van der Waals surface area contributed by atoms with Gasteiger partial charge in [-0.1, -0.05) is 34.1 Å². The lowest BCUT2D eigenvalue weighted by Crippen LogP contribution is -2.34. The molecule has 0 radical (unpaired) electrons. The predicted octanol–water partition coefficient (Wildman–Crippen LogP) is 3.69. The number of methoxy groups -OCH3 is 1. The van der Waals surface area contributed by atoms with E-state index in [1.165, 1.54) is 0 Å². The van der Waals surface area contributed by atoms with E-state index in [1.807, 2.05) is 55.5 Å². The highest BCUT2D eigenvalue weighted by atomic mass is 79.9. The summed E-state index contributed by atoms with van der Waals surface area (Å²) >= 11 is 3.41. The molecule has 1 aliphatic heterocycles. The maximum absolute atomic E-state index is 12.6. The lowest BCUT2D eigenvalue weighted by Gasteiger charge is -2.19. The van der Waals surface area contributed by atoms with E-state index < -0.39 is 0 Å². The van der Waals surface area contributed by atoms with Crippen LogP contribution in [0.3, 0.4) is 0 Å². The Hall–Kier alpha value is -2.34. The summed E-state index contributed by atoms with van der Waals surface area (Å²) in [7, 11) is 1.59. The number of halogens is 1. The van der Waals surface area contributed by atoms with Gasteiger partial charge in [0, 0.05) is 29.2 Å². The molecule has 2 aromatic rings. The normalized spacial score (nSPS) is 17.9. The van der Waals surface area contributed by atoms with Gasteiger partial charge in [-0.3, -0.25) is 9.59 Å². The Morgan fingerprint density at radius 3 is 2.69 bits per heavy atom. The predicted molar refractivity (Wildman–Crippen MR) is 104 cm³/mol. The van der Waals surface area contributed by atoms with Crippen LogP contribution in [0.15, 0.2) is 53.0 Å². The Morgan fingerprint density at radius 1 is 1.27 bits per heavy atom. The van der Waals surface area contributed by atoms with Gasteiger partial charge in [0.15, 0.2) is 0 Å². The molecule has 1 aliphatic rings. The van der Waals surface area contributed by atoms with Gasteiger partial charge in [0.05, 0.1) is 19.1 Å². The molecule has 3 rings (SSSR count). The molecule has 0 bridgehead atoms. The summed E-state index contributed by atoms with van der Waals surface area (Å²) in [5.74, 6) is 0.188. The van der Waals surface area contributed by atoms with Gasteiger partial charge in [-0.25, -0.2) is 0 Å². The summed E-state index contributed by atoms with van der Waals surface area (Å²) in [6.07, 6.45) is 0.218. The molecule has 0 saturated carbocycles. The first kappa shape index (κ1) is 18.5. The summed E-state index contributed by atoms with van der Waals surface area (Å²) in [6, 6.07) is 15.0. The van der Waals surface area contributed by atoms with Gasteiger partial charge in [0.25, 0.3) is 0 Å². The molecule has 2 amide bonds. The van der Waals surface area contributed by atoms with Crippen molar-refractivity contribution < 1.29 is 14.3 Å². The number of rotatable bonds is 5. The van der Waals surface area contributed by atoms with E-state index in [0.717, 1.165) is 15.7 Å². The molecule has 0 aromatic heterocycles. The van der Waals surface area contributed by atoms with E-state index in [1.54, 1.807) is 12.0 Å². The molecule has 0 aliphatic carbocycles. The molecule has 26 heavy (non-hydrogen) atoms. The Labute approximate surface area is 161 Å². The molecular formula is C20H21BrN2O3. The zero-order valence-corrected chi connectivity index (χ0v) is 16.3. The first-order chi connectivity index (χ1) is 12.5. The standard InChI is InChI=1S/C20H21BrN2O3/c1-13(14-6-8-16(21)9-7-14)22-20(25)15-10-19(24)23(12-15)17-4-3-5-18(11-17)26-2/h3-9,11,13,15H,10,12H2,1-2H3,(H,22,25)/t13-,15+/m1/s1. The van der Waals surface area contributed by atoms with Gasteiger partial charge in [-0.15, -0.1) is 0 Å². The van der Waals surface area contributed by atoms with E-state index in [9.17, 15) is 9.59 Å². The van der Waals surface area contributed by atoms with Crippen molar-refractivity contribution in [3.63, 3.8) is 0 Å². The number of amides is 2. The molecule has 5 nitrogen and oxygen atoms in total. The van der Waals surface area contributed by atoms with Crippen molar-refractivity contribution in [1.29, 1.82) is 0 Å². The minimum Gasteiger partial charge on any atom is -0.497 e. The van der Waals surface area contributed by atoms with Crippen molar-refractivity contribution in [2.24, 2.45) is 5.92 Å². The van der Waals surface area contributed by atoms with E-state index in [4.69, 9.17) is 4.74 Å². The van der Waals surface area contributed by atoms with Crippen LogP contribution in [0.2, 0.25) is 0 Å². The number of hydrogen-bond acceptors (Lipinski definition) is 3. The van der Waals surface area contributed by atoms with E-state index in [2.05, 4.69) is 21.2 Å². The fraction of sp³-hybridized carbons (Fsp3) is 0.300. The van der Waals surface area contributed by atoms with Crippen molar-refractivity contribution in [3.8, 4) is 5.75 Å². The summed E-state index contributed by atoms with van der Waals surface area (Å²) in [5.41, 5.74) is 1.78. The van der Waals surface area contributed by atoms with Crippen molar-refractivity contribution in [2.45, 2.75) is 19.4 Å². The smallest absolute Gasteiger partial charge is 0.227 e. The Morgan fingerprint density at radius 2 is 2.00 bits per heavy atom. The van der Waals surface area contributed by atoms with Gasteiger partial charge in [0.2, 0.25) is 11.8 Å². The lowest BCUT2D eigenvalue weighted by molar-refractivity contribution is -0.126. The van der Waals surface area contributed by atoms with E-state index in [-0.39, 0.29) is 30.2 Å². The maximum Gasteiger partial charge on any atom is 0.227 e. The summed E-state index contributed by atoms with van der Waals surface area (Å²) in [5, 5.41) is 3.01. The van der Waals surface area contributed by atoms with Gasteiger partial charge in [-0.2, -0.15) is 0 Å². The summed E-state index contributed by atoms with van der Waals surface area (Å²) in [6.45, 7) is 2.32. The first-order valence-corrected chi connectivity index (χ1v) is 9.27. The maximum atomic E-state index is 12.6. The van der Waals surface area contributed by atoms with Crippen molar-refractivity contribution in [2.75, 3.05) is 18.6 Å². The SMILES string of the molecule is COc1cccc(N2C[C@@H](C(=O)N[C@H](C)c3ccc(Br)cc3)CC2=O)c1. The minimum atomic E-state index is -0.355. The fourth-order valence-corrected chi connectivity index (χ4v) is 3.34. The average molecular weight is 417 g/mol. The van der Waals surface area contributed by atoms with Crippen LogP contribution < -0.4 is 15.0 Å². The molecule has 1 fully saturated rings. The molecule has 0 unspecified atom stereocenters. The molecule has 2 aromatic carbocycles. The molecule has 136 valence electrons. The van der Waals surface area contributed by atoms with Crippen molar-refractivity contribution in [3.05, 3.63) is 58.6 Å². The Kier molecular flexibility index (Phi) is 5.61. The second kappa shape index (κ2) is 7.91. The zero-order valence-electron chi connectivity index (χ0n) is 14.7. The van der Waals surface area contributed by atoms with Crippen LogP contribution in [-0.4, -0.2) is 25.5 Å². The third-order valence-corrected chi connectivity index (χ3v) is 5.12. The van der Waals surface area contributed by atoms with Crippen LogP contribution in [0, 0.1) is 5.92 Å². The van der Waals surface area contributed by atoms with Crippen LogP contribution in [0.1, 0.15) is 24.9 Å². The molecule has 1 N–H and O–H groups in total. The molecule has 2 atom stereocenters. The van der Waals surface area contributed by atoms with Crippen LogP contribution in [0.25, 0.3) is 0 Å². The highest BCUT2D eigenvalue weighted by Gasteiger charge is 2.35. The second-order valence-electron chi connectivity index (χ2n) is 6.39. The number of benzene rings is 2. The van der Waals surface area contributed by atoms with E-state index in [0.29, 0.717) is 12.3 Å². The monoisotopic (exact) mass is 416 g/mol. The summed E-state index contributed by atoms with van der Waals surface area (Å²) in [4.78, 5) is 26.6. The number of hydrogen-bond donors (Lipinski definition) is 1. The Balaban J connectivity index is 1.65. The van der Waals surface area contributed by atoms with Gasteiger partial charge in [0.1, 0.15) is 5.75 Å². The summed E-state index contributed by atoms with van der Waals surface area (Å²) < 4.78 is 6.21. The minimum absolute atomic E-state index is 0.0466. The number of nitrogens with zero attached hydrogens (tertiary/aromatic N) is 1. The number of carbonyl (C=O) groups is 2. The van der Waals surface area contributed by atoms with Gasteiger partial charge >= 0.3 is 0 Å². The van der Waals surface area contributed by atoms with Crippen LogP contribution in [0.4, 0.5) is 5.69 Å². The first-order valence-electron chi connectivity index (χ1n) is 8.48. The number of nitrogens with one attached hydrogen (secondary N) is 1. The lowest BCUT2D eigenvalue weighted by atomic mass is 10.1. The highest BCUT2D eigenvalue weighted by molar-refractivity contribution is 9.10. The van der Waals surface area contributed by atoms with Crippen LogP contribution in [0.5, 0.6) is 5.75 Å². The zero-order chi connectivity index (χ0) is 18.7. The van der Waals surface area contributed by atoms with E-state index >= 15 is 0 Å². The number of ether oxygens (including phenoxy) is 1. The third kappa shape index (κ3) is 4.07. The molecule has 1 saturated heterocycles. The van der Waals surface area contributed by atoms with Crippen molar-refractivity contribution in [1.82, 2.24) is 5.32 Å². The third-order valence-electron chi connectivity index (χ3n) is 4.59. The number of anilines is 1. The topological polar surface area (TPSA) is 58.6 Å². The average Bonchev–Trinajstić information content (AvgIpc) is 3.04. The fourth-order valence-electron chi connectivity index (χ4n) is 3.08. The van der Waals surface area contributed by atoms with Crippen LogP contribution >= 0.6 is 15.9 Å². The van der Waals surface area contributed by atoms with Gasteiger partial charge in [-0.05, 0) is 36.8 Å². The van der Waals surface area contributed by atoms with Crippen molar-refractivity contribution >= 4 is 33.4 Å². The molecule has 1 heterocycles. The molecular weight excluding hydrogens is 396 g/mol. The molecule has 6 heteroatoms.